The molecule has 1 atom stereocenters. The van der Waals surface area contributed by atoms with Crippen molar-refractivity contribution in [1.82, 2.24) is 5.32 Å². The molecular weight excluding hydrogens is 330 g/mol. The number of hydrogen-bond acceptors (Lipinski definition) is 5. The maximum absolute atomic E-state index is 11.9. The summed E-state index contributed by atoms with van der Waals surface area (Å²) < 4.78 is 30.0. The first-order valence-electron chi connectivity index (χ1n) is 6.61. The monoisotopic (exact) mass is 349 g/mol. The molecule has 124 valence electrons. The maximum atomic E-state index is 11.9. The van der Waals surface area contributed by atoms with Gasteiger partial charge in [-0.25, -0.2) is 8.42 Å². The van der Waals surface area contributed by atoms with Gasteiger partial charge >= 0.3 is 0 Å². The smallest absolute Gasteiger partial charge is 0.229 e. The van der Waals surface area contributed by atoms with Crippen molar-refractivity contribution in [2.45, 2.75) is 12.5 Å². The highest BCUT2D eigenvalue weighted by atomic mass is 35.5. The molecule has 2 rings (SSSR count). The van der Waals surface area contributed by atoms with E-state index < -0.39 is 10.0 Å². The molecule has 0 radical (unpaired) electrons. The number of nitrogens with one attached hydrogen (secondary N) is 3. The minimum absolute atomic E-state index is 0. The molecule has 22 heavy (non-hydrogen) atoms. The summed E-state index contributed by atoms with van der Waals surface area (Å²) in [6.07, 6.45) is 1.39. The summed E-state index contributed by atoms with van der Waals surface area (Å²) in [5.41, 5.74) is 0.958. The summed E-state index contributed by atoms with van der Waals surface area (Å²) >= 11 is 0. The van der Waals surface area contributed by atoms with Gasteiger partial charge in [0.15, 0.2) is 0 Å². The molecular formula is C13H20ClN3O4S. The van der Waals surface area contributed by atoms with Crippen LogP contribution in [0.3, 0.4) is 0 Å². The third-order valence-corrected chi connectivity index (χ3v) is 3.49. The van der Waals surface area contributed by atoms with E-state index in [1.165, 1.54) is 0 Å². The Bertz CT molecular complexity index is 603. The lowest BCUT2D eigenvalue weighted by Crippen LogP contribution is -2.43. The number of carbonyl (C=O) groups excluding carboxylic acids is 1. The molecule has 0 bridgehead atoms. The van der Waals surface area contributed by atoms with Gasteiger partial charge in [-0.3, -0.25) is 9.52 Å². The summed E-state index contributed by atoms with van der Waals surface area (Å²) in [5, 5.41) is 5.95. The van der Waals surface area contributed by atoms with Crippen LogP contribution in [0.15, 0.2) is 24.3 Å². The number of amides is 1. The number of rotatable bonds is 5. The summed E-state index contributed by atoms with van der Waals surface area (Å²) in [6, 6.07) is 6.58. The largest absolute Gasteiger partial charge is 0.378 e. The number of anilines is 2. The number of ether oxygens (including phenoxy) is 1. The number of benzene rings is 1. The van der Waals surface area contributed by atoms with Crippen LogP contribution in [-0.4, -0.2) is 46.4 Å². The van der Waals surface area contributed by atoms with Crippen LogP contribution in [0.4, 0.5) is 11.4 Å². The van der Waals surface area contributed by atoms with Crippen LogP contribution < -0.4 is 15.4 Å². The van der Waals surface area contributed by atoms with E-state index in [2.05, 4.69) is 15.4 Å². The number of morpholine rings is 1. The molecule has 1 aliphatic heterocycles. The van der Waals surface area contributed by atoms with Gasteiger partial charge < -0.3 is 15.4 Å². The first-order chi connectivity index (χ1) is 9.92. The third-order valence-electron chi connectivity index (χ3n) is 2.88. The van der Waals surface area contributed by atoms with E-state index in [9.17, 15) is 13.2 Å². The van der Waals surface area contributed by atoms with Crippen LogP contribution in [0.25, 0.3) is 0 Å². The Morgan fingerprint density at radius 3 is 2.77 bits per heavy atom. The lowest BCUT2D eigenvalue weighted by molar-refractivity contribution is -0.117. The first kappa shape index (κ1) is 18.7. The fourth-order valence-corrected chi connectivity index (χ4v) is 2.62. The van der Waals surface area contributed by atoms with Crippen molar-refractivity contribution in [3.05, 3.63) is 24.3 Å². The van der Waals surface area contributed by atoms with Gasteiger partial charge in [0.2, 0.25) is 15.9 Å². The quantitative estimate of drug-likeness (QED) is 0.730. The van der Waals surface area contributed by atoms with Gasteiger partial charge in [-0.15, -0.1) is 12.4 Å². The first-order valence-corrected chi connectivity index (χ1v) is 8.50. The van der Waals surface area contributed by atoms with Gasteiger partial charge in [0, 0.05) is 24.7 Å². The van der Waals surface area contributed by atoms with Crippen LogP contribution >= 0.6 is 12.4 Å². The van der Waals surface area contributed by atoms with Crippen molar-refractivity contribution in [3.63, 3.8) is 0 Å². The molecule has 0 saturated carbocycles. The van der Waals surface area contributed by atoms with Crippen molar-refractivity contribution < 1.29 is 17.9 Å². The topological polar surface area (TPSA) is 96.5 Å². The molecule has 9 heteroatoms. The molecule has 1 unspecified atom stereocenters. The van der Waals surface area contributed by atoms with E-state index in [-0.39, 0.29) is 24.4 Å². The van der Waals surface area contributed by atoms with E-state index in [0.29, 0.717) is 31.0 Å². The van der Waals surface area contributed by atoms with Crippen LogP contribution in [0, 0.1) is 0 Å². The number of sulfonamides is 1. The fourth-order valence-electron chi connectivity index (χ4n) is 2.06. The van der Waals surface area contributed by atoms with E-state index in [4.69, 9.17) is 4.74 Å². The minimum Gasteiger partial charge on any atom is -0.378 e. The summed E-state index contributed by atoms with van der Waals surface area (Å²) in [6.45, 7) is 1.92. The Hall–Kier alpha value is -1.35. The van der Waals surface area contributed by atoms with Crippen LogP contribution in [0.5, 0.6) is 0 Å². The van der Waals surface area contributed by atoms with Crippen molar-refractivity contribution >= 4 is 39.7 Å². The van der Waals surface area contributed by atoms with Gasteiger partial charge in [0.1, 0.15) is 0 Å². The Morgan fingerprint density at radius 2 is 2.14 bits per heavy atom. The molecule has 1 fully saturated rings. The standard InChI is InChI=1S/C13H19N3O4S.ClH/c1-21(18,19)16-11-4-2-3-10(7-11)15-13(17)8-12-9-20-6-5-14-12;/h2-4,7,12,14,16H,5-6,8-9H2,1H3,(H,15,17);1H. The lowest BCUT2D eigenvalue weighted by atomic mass is 10.2. The number of halogens is 1. The Labute approximate surface area is 136 Å². The molecule has 1 aliphatic rings. The predicted octanol–water partition coefficient (Wildman–Crippen LogP) is 0.797. The molecule has 1 heterocycles. The lowest BCUT2D eigenvalue weighted by Gasteiger charge is -2.23. The van der Waals surface area contributed by atoms with E-state index in [1.54, 1.807) is 24.3 Å². The highest BCUT2D eigenvalue weighted by Crippen LogP contribution is 2.16. The van der Waals surface area contributed by atoms with Crippen molar-refractivity contribution in [2.75, 3.05) is 36.1 Å². The fraction of sp³-hybridized carbons (Fsp3) is 0.462. The zero-order chi connectivity index (χ0) is 15.3. The van der Waals surface area contributed by atoms with Crippen LogP contribution in [-0.2, 0) is 19.6 Å². The van der Waals surface area contributed by atoms with Gasteiger partial charge in [0.05, 0.1) is 25.2 Å². The van der Waals surface area contributed by atoms with Crippen LogP contribution in [0.1, 0.15) is 6.42 Å². The molecule has 0 aromatic heterocycles. The molecule has 1 saturated heterocycles. The third kappa shape index (κ3) is 6.61. The van der Waals surface area contributed by atoms with E-state index >= 15 is 0 Å². The van der Waals surface area contributed by atoms with Gasteiger partial charge in [0.25, 0.3) is 0 Å². The van der Waals surface area contributed by atoms with E-state index in [0.717, 1.165) is 12.8 Å². The number of hydrogen-bond donors (Lipinski definition) is 3. The minimum atomic E-state index is -3.33. The highest BCUT2D eigenvalue weighted by Gasteiger charge is 2.16. The molecule has 0 spiro atoms. The summed E-state index contributed by atoms with van der Waals surface area (Å²) in [5.74, 6) is -0.144. The Morgan fingerprint density at radius 1 is 1.41 bits per heavy atom. The molecule has 7 nitrogen and oxygen atoms in total. The molecule has 1 amide bonds. The van der Waals surface area contributed by atoms with Gasteiger partial charge in [-0.2, -0.15) is 0 Å². The predicted molar refractivity (Wildman–Crippen MR) is 88.0 cm³/mol. The Kier molecular flexibility index (Phi) is 7.08. The average molecular weight is 350 g/mol. The molecule has 1 aromatic rings. The Balaban J connectivity index is 0.00000242. The van der Waals surface area contributed by atoms with Crippen molar-refractivity contribution in [2.24, 2.45) is 0 Å². The van der Waals surface area contributed by atoms with Crippen molar-refractivity contribution in [1.29, 1.82) is 0 Å². The summed E-state index contributed by atoms with van der Waals surface area (Å²) in [7, 11) is -3.33. The van der Waals surface area contributed by atoms with Gasteiger partial charge in [-0.05, 0) is 18.2 Å². The zero-order valence-electron chi connectivity index (χ0n) is 12.2. The maximum Gasteiger partial charge on any atom is 0.229 e. The number of carbonyl (C=O) groups is 1. The average Bonchev–Trinajstić information content (AvgIpc) is 2.38. The van der Waals surface area contributed by atoms with Gasteiger partial charge in [-0.1, -0.05) is 6.07 Å². The second kappa shape index (κ2) is 8.33. The van der Waals surface area contributed by atoms with Crippen LogP contribution in [0.2, 0.25) is 0 Å². The van der Waals surface area contributed by atoms with E-state index in [1.807, 2.05) is 0 Å². The molecule has 3 N–H and O–H groups in total. The zero-order valence-corrected chi connectivity index (χ0v) is 13.8. The highest BCUT2D eigenvalue weighted by molar-refractivity contribution is 7.92. The van der Waals surface area contributed by atoms with Crippen molar-refractivity contribution in [3.8, 4) is 0 Å². The second-order valence-corrected chi connectivity index (χ2v) is 6.68. The SMILES string of the molecule is CS(=O)(=O)Nc1cccc(NC(=O)CC2COCCN2)c1.Cl. The normalized spacial score (nSPS) is 18.1. The molecule has 0 aliphatic carbocycles. The summed E-state index contributed by atoms with van der Waals surface area (Å²) in [4.78, 5) is 11.9. The second-order valence-electron chi connectivity index (χ2n) is 4.93. The molecule has 1 aromatic carbocycles.